The first-order chi connectivity index (χ1) is 8.93. The van der Waals surface area contributed by atoms with Crippen LogP contribution in [0.4, 0.5) is 17.6 Å². The summed E-state index contributed by atoms with van der Waals surface area (Å²) in [6.45, 7) is 4.49. The lowest BCUT2D eigenvalue weighted by Crippen LogP contribution is -2.46. The van der Waals surface area contributed by atoms with Crippen LogP contribution in [0.1, 0.15) is 32.5 Å². The molecule has 1 N–H and O–H groups in total. The van der Waals surface area contributed by atoms with E-state index in [0.29, 0.717) is 0 Å². The van der Waals surface area contributed by atoms with Crippen molar-refractivity contribution >= 4 is 23.0 Å². The summed E-state index contributed by atoms with van der Waals surface area (Å²) < 4.78 is 65.3. The van der Waals surface area contributed by atoms with Crippen molar-refractivity contribution in [3.05, 3.63) is 28.8 Å². The molecule has 0 aromatic carbocycles. The second-order valence-electron chi connectivity index (χ2n) is 4.99. The molecule has 3 nitrogen and oxygen atoms in total. The molecule has 1 aromatic heterocycles. The molecule has 2 atom stereocenters. The van der Waals surface area contributed by atoms with Crippen molar-refractivity contribution in [2.24, 2.45) is 0 Å². The molecule has 0 saturated carbocycles. The summed E-state index contributed by atoms with van der Waals surface area (Å²) in [6, 6.07) is -1.75. The van der Waals surface area contributed by atoms with Gasteiger partial charge in [0.15, 0.2) is 6.04 Å². The van der Waals surface area contributed by atoms with Crippen LogP contribution in [-0.4, -0.2) is 20.5 Å². The van der Waals surface area contributed by atoms with Gasteiger partial charge in [-0.1, -0.05) is 11.6 Å². The fourth-order valence-electron chi connectivity index (χ4n) is 1.20. The van der Waals surface area contributed by atoms with E-state index >= 15 is 0 Å². The normalized spacial score (nSPS) is 16.1. The fraction of sp³-hybridized carbons (Fsp3) is 0.545. The van der Waals surface area contributed by atoms with Crippen molar-refractivity contribution in [3.63, 3.8) is 0 Å². The van der Waals surface area contributed by atoms with Gasteiger partial charge in [0.25, 0.3) is 0 Å². The molecule has 0 aliphatic heterocycles. The van der Waals surface area contributed by atoms with E-state index in [1.54, 1.807) is 0 Å². The second-order valence-corrected chi connectivity index (χ2v) is 7.43. The molecule has 0 aliphatic carbocycles. The zero-order chi connectivity index (χ0) is 15.7. The number of nitrogens with one attached hydrogen (secondary N) is 1. The van der Waals surface area contributed by atoms with Crippen LogP contribution in [0.3, 0.4) is 0 Å². The van der Waals surface area contributed by atoms with Crippen LogP contribution in [0.2, 0.25) is 5.02 Å². The summed E-state index contributed by atoms with van der Waals surface area (Å²) >= 11 is 3.41. The molecule has 9 heteroatoms. The number of nitrogens with zero attached hydrogens (tertiary/aromatic N) is 1. The molecule has 0 fully saturated rings. The van der Waals surface area contributed by atoms with Crippen LogP contribution in [0.25, 0.3) is 0 Å². The van der Waals surface area contributed by atoms with Crippen molar-refractivity contribution < 1.29 is 22.1 Å². The van der Waals surface area contributed by atoms with Crippen molar-refractivity contribution in [1.82, 2.24) is 9.71 Å². The van der Waals surface area contributed by atoms with Crippen LogP contribution in [0.15, 0.2) is 12.3 Å². The highest BCUT2D eigenvalue weighted by atomic mass is 35.5. The van der Waals surface area contributed by atoms with Crippen LogP contribution in [-0.2, 0) is 11.4 Å². The third-order valence-electron chi connectivity index (χ3n) is 2.22. The molecule has 1 rings (SSSR count). The van der Waals surface area contributed by atoms with Gasteiger partial charge in [-0.25, -0.2) is 4.39 Å². The van der Waals surface area contributed by atoms with Crippen molar-refractivity contribution in [3.8, 4) is 0 Å². The monoisotopic (exact) mass is 332 g/mol. The molecule has 0 saturated heterocycles. The first-order valence-electron chi connectivity index (χ1n) is 5.48. The number of rotatable bonds is 3. The minimum Gasteiger partial charge on any atom is -0.598 e. The van der Waals surface area contributed by atoms with E-state index in [2.05, 4.69) is 4.98 Å². The lowest BCUT2D eigenvalue weighted by molar-refractivity contribution is -0.154. The van der Waals surface area contributed by atoms with Crippen LogP contribution in [0, 0.1) is 5.82 Å². The third-order valence-corrected chi connectivity index (χ3v) is 3.99. The first kappa shape index (κ1) is 17.5. The number of alkyl halides is 3. The van der Waals surface area contributed by atoms with Gasteiger partial charge >= 0.3 is 6.18 Å². The number of aromatic nitrogens is 1. The van der Waals surface area contributed by atoms with Crippen LogP contribution >= 0.6 is 11.6 Å². The van der Waals surface area contributed by atoms with Gasteiger partial charge < -0.3 is 4.55 Å². The fourth-order valence-corrected chi connectivity index (χ4v) is 2.16. The zero-order valence-corrected chi connectivity index (χ0v) is 12.5. The van der Waals surface area contributed by atoms with Crippen molar-refractivity contribution in [2.45, 2.75) is 37.7 Å². The summed E-state index contributed by atoms with van der Waals surface area (Å²) in [5.41, 5.74) is -0.889. The Hall–Kier alpha value is -0.570. The molecule has 1 unspecified atom stereocenters. The van der Waals surface area contributed by atoms with E-state index in [9.17, 15) is 22.1 Å². The van der Waals surface area contributed by atoms with Gasteiger partial charge in [0.05, 0.1) is 5.02 Å². The Morgan fingerprint density at radius 1 is 1.35 bits per heavy atom. The lowest BCUT2D eigenvalue weighted by atomic mass is 10.2. The largest absolute Gasteiger partial charge is 0.598 e. The highest BCUT2D eigenvalue weighted by Crippen LogP contribution is 2.35. The van der Waals surface area contributed by atoms with Gasteiger partial charge in [-0.15, -0.1) is 4.72 Å². The molecule has 20 heavy (non-hydrogen) atoms. The van der Waals surface area contributed by atoms with E-state index in [1.807, 2.05) is 4.72 Å². The molecule has 114 valence electrons. The maximum Gasteiger partial charge on any atom is 0.413 e. The van der Waals surface area contributed by atoms with Crippen molar-refractivity contribution in [1.29, 1.82) is 0 Å². The second kappa shape index (κ2) is 6.05. The topological polar surface area (TPSA) is 48.0 Å². The molecule has 0 amide bonds. The highest BCUT2D eigenvalue weighted by molar-refractivity contribution is 7.90. The standard InChI is InChI=1S/C11H13ClF4N2OS/c1-10(2,3)20(19)18-9(11(14,15)16)8-7(13)4-6(12)5-17-8/h4-5,9,18H,1-3H3/t9-,20?/m1/s1. The number of halogens is 5. The molecule has 1 heterocycles. The Kier molecular flexibility index (Phi) is 5.29. The van der Waals surface area contributed by atoms with E-state index in [1.165, 1.54) is 20.8 Å². The Morgan fingerprint density at radius 3 is 2.30 bits per heavy atom. The molecule has 0 bridgehead atoms. The van der Waals surface area contributed by atoms with Gasteiger partial charge in [0.2, 0.25) is 0 Å². The molecule has 0 aliphatic rings. The van der Waals surface area contributed by atoms with E-state index in [-0.39, 0.29) is 5.02 Å². The quantitative estimate of drug-likeness (QED) is 0.680. The van der Waals surface area contributed by atoms with E-state index in [0.717, 1.165) is 12.3 Å². The zero-order valence-electron chi connectivity index (χ0n) is 10.9. The average Bonchev–Trinajstić information content (AvgIpc) is 2.23. The molecule has 1 aromatic rings. The minimum absolute atomic E-state index is 0.121. The van der Waals surface area contributed by atoms with Gasteiger partial charge in [0, 0.05) is 17.6 Å². The van der Waals surface area contributed by atoms with Crippen LogP contribution in [0.5, 0.6) is 0 Å². The highest BCUT2D eigenvalue weighted by Gasteiger charge is 2.47. The van der Waals surface area contributed by atoms with Crippen LogP contribution < -0.4 is 4.72 Å². The summed E-state index contributed by atoms with van der Waals surface area (Å²) in [5.74, 6) is -1.21. The summed E-state index contributed by atoms with van der Waals surface area (Å²) in [4.78, 5) is 3.36. The smallest absolute Gasteiger partial charge is 0.413 e. The van der Waals surface area contributed by atoms with Crippen molar-refractivity contribution in [2.75, 3.05) is 0 Å². The maximum absolute atomic E-state index is 13.6. The summed E-state index contributed by atoms with van der Waals surface area (Å²) in [5, 5.41) is -0.121. The van der Waals surface area contributed by atoms with Gasteiger partial charge in [-0.2, -0.15) is 13.2 Å². The average molecular weight is 333 g/mol. The summed E-state index contributed by atoms with van der Waals surface area (Å²) in [6.07, 6.45) is -3.94. The number of hydrogen-bond donors (Lipinski definition) is 1. The van der Waals surface area contributed by atoms with Gasteiger partial charge in [0.1, 0.15) is 16.3 Å². The predicted octanol–water partition coefficient (Wildman–Crippen LogP) is 3.53. The number of pyridine rings is 1. The minimum atomic E-state index is -4.84. The van der Waals surface area contributed by atoms with Gasteiger partial charge in [-0.3, -0.25) is 4.98 Å². The van der Waals surface area contributed by atoms with Gasteiger partial charge in [-0.05, 0) is 26.8 Å². The molecule has 0 radical (unpaired) electrons. The number of hydrogen-bond acceptors (Lipinski definition) is 3. The first-order valence-corrected chi connectivity index (χ1v) is 7.01. The molecular formula is C11H13ClF4N2OS. The Bertz CT molecular complexity index is 478. The van der Waals surface area contributed by atoms with E-state index < -0.39 is 39.8 Å². The third kappa shape index (κ3) is 4.47. The predicted molar refractivity (Wildman–Crippen MR) is 69.0 cm³/mol. The Morgan fingerprint density at radius 2 is 1.90 bits per heavy atom. The SMILES string of the molecule is CC(C)(C)[S+]([O-])N[C@H](c1ncc(Cl)cc1F)C(F)(F)F. The molecular weight excluding hydrogens is 320 g/mol. The Balaban J connectivity index is 3.14. The maximum atomic E-state index is 13.6. The summed E-state index contributed by atoms with van der Waals surface area (Å²) in [7, 11) is 0. The van der Waals surface area contributed by atoms with E-state index in [4.69, 9.17) is 11.6 Å². The Labute approximate surface area is 122 Å². The lowest BCUT2D eigenvalue weighted by Gasteiger charge is -2.28. The molecule has 0 spiro atoms.